The molecule has 1 N–H and O–H groups in total. The van der Waals surface area contributed by atoms with Crippen LogP contribution in [0, 0.1) is 6.92 Å². The van der Waals surface area contributed by atoms with Gasteiger partial charge in [-0.2, -0.15) is 0 Å². The third kappa shape index (κ3) is 5.51. The number of hydrogen-bond donors (Lipinski definition) is 1. The zero-order valence-corrected chi connectivity index (χ0v) is 20.9. The van der Waals surface area contributed by atoms with Crippen molar-refractivity contribution in [3.63, 3.8) is 0 Å². The molecule has 2 aromatic carbocycles. The highest BCUT2D eigenvalue weighted by molar-refractivity contribution is 7.96. The largest absolute Gasteiger partial charge is 0.378 e. The number of aryl methyl sites for hydroxylation is 1. The minimum absolute atomic E-state index is 0.0303. The Morgan fingerprint density at radius 3 is 2.09 bits per heavy atom. The van der Waals surface area contributed by atoms with Crippen molar-refractivity contribution in [3.05, 3.63) is 59.7 Å². The molecule has 0 radical (unpaired) electrons. The van der Waals surface area contributed by atoms with E-state index in [4.69, 9.17) is 0 Å². The number of sulfone groups is 2. The van der Waals surface area contributed by atoms with Crippen molar-refractivity contribution in [2.24, 2.45) is 0 Å². The average molecular weight is 480 g/mol. The summed E-state index contributed by atoms with van der Waals surface area (Å²) < 4.78 is 51.4. The highest BCUT2D eigenvalue weighted by Gasteiger charge is 2.45. The number of nitrogens with one attached hydrogen (secondary N) is 1. The van der Waals surface area contributed by atoms with Gasteiger partial charge in [-0.05, 0) is 50.8 Å². The van der Waals surface area contributed by atoms with Crippen molar-refractivity contribution in [2.75, 3.05) is 51.1 Å². The number of hydrogen-bond acceptors (Lipinski definition) is 7. The van der Waals surface area contributed by atoms with E-state index in [1.807, 2.05) is 69.2 Å². The van der Waals surface area contributed by atoms with E-state index in [1.54, 1.807) is 24.3 Å². The van der Waals surface area contributed by atoms with Gasteiger partial charge in [0.05, 0.1) is 21.7 Å². The van der Waals surface area contributed by atoms with Gasteiger partial charge in [0.2, 0.25) is 0 Å². The van der Waals surface area contributed by atoms with Gasteiger partial charge in [0.15, 0.2) is 19.7 Å². The molecule has 0 spiro atoms. The van der Waals surface area contributed by atoms with Crippen molar-refractivity contribution >= 4 is 25.4 Å². The van der Waals surface area contributed by atoms with Gasteiger partial charge >= 0.3 is 0 Å². The standard InChI is InChI=1S/C23H33N3O4S2/c1-17-6-12-20(13-7-17)32(29,30)23-16-31(27,28)15-21(23)24-14-22(26(4)5)18-8-10-19(11-9-18)25(2)3/h6-13,21-24H,14-16H2,1-5H3/t21-,22?,23-/m0/s1. The molecule has 2 aromatic rings. The van der Waals surface area contributed by atoms with Crippen molar-refractivity contribution in [1.82, 2.24) is 10.2 Å². The van der Waals surface area contributed by atoms with Crippen molar-refractivity contribution < 1.29 is 16.8 Å². The van der Waals surface area contributed by atoms with Crippen LogP contribution in [0.2, 0.25) is 0 Å². The first kappa shape index (κ1) is 24.7. The molecule has 3 rings (SSSR count). The first-order valence-electron chi connectivity index (χ1n) is 10.6. The molecule has 1 aliphatic heterocycles. The van der Waals surface area contributed by atoms with Crippen LogP contribution in [0.4, 0.5) is 5.69 Å². The monoisotopic (exact) mass is 479 g/mol. The molecule has 1 heterocycles. The van der Waals surface area contributed by atoms with Gasteiger partial charge in [-0.25, -0.2) is 16.8 Å². The summed E-state index contributed by atoms with van der Waals surface area (Å²) in [4.78, 5) is 4.24. The molecule has 1 aliphatic rings. The molecule has 32 heavy (non-hydrogen) atoms. The number of nitrogens with zero attached hydrogens (tertiary/aromatic N) is 2. The minimum atomic E-state index is -3.78. The van der Waals surface area contributed by atoms with E-state index >= 15 is 0 Å². The van der Waals surface area contributed by atoms with Gasteiger partial charge in [0.25, 0.3) is 0 Å². The lowest BCUT2D eigenvalue weighted by Crippen LogP contribution is -2.46. The Bertz CT molecular complexity index is 1130. The molecular formula is C23H33N3O4S2. The quantitative estimate of drug-likeness (QED) is 0.619. The summed E-state index contributed by atoms with van der Waals surface area (Å²) in [7, 11) is 0.638. The fourth-order valence-corrected chi connectivity index (χ4v) is 8.79. The molecule has 1 fully saturated rings. The third-order valence-electron chi connectivity index (χ3n) is 6.04. The van der Waals surface area contributed by atoms with E-state index in [9.17, 15) is 16.8 Å². The molecule has 3 atom stereocenters. The third-order valence-corrected chi connectivity index (χ3v) is 10.2. The van der Waals surface area contributed by atoms with Gasteiger partial charge in [-0.3, -0.25) is 0 Å². The molecule has 0 amide bonds. The van der Waals surface area contributed by atoms with Crippen molar-refractivity contribution in [1.29, 1.82) is 0 Å². The Balaban J connectivity index is 1.82. The Morgan fingerprint density at radius 1 is 0.969 bits per heavy atom. The van der Waals surface area contributed by atoms with Crippen molar-refractivity contribution in [2.45, 2.75) is 29.2 Å². The molecule has 7 nitrogen and oxygen atoms in total. The van der Waals surface area contributed by atoms with Gasteiger partial charge in [-0.1, -0.05) is 29.8 Å². The highest BCUT2D eigenvalue weighted by atomic mass is 32.2. The van der Waals surface area contributed by atoms with E-state index in [1.165, 1.54) is 0 Å². The maximum Gasteiger partial charge on any atom is 0.183 e. The van der Waals surface area contributed by atoms with E-state index < -0.39 is 31.0 Å². The predicted octanol–water partition coefficient (Wildman–Crippen LogP) is 1.89. The Morgan fingerprint density at radius 2 is 1.56 bits per heavy atom. The molecule has 0 aromatic heterocycles. The Labute approximate surface area is 192 Å². The molecule has 0 saturated carbocycles. The number of benzene rings is 2. The summed E-state index contributed by atoms with van der Waals surface area (Å²) >= 11 is 0. The molecule has 0 aliphatic carbocycles. The van der Waals surface area contributed by atoms with Gasteiger partial charge < -0.3 is 15.1 Å². The van der Waals surface area contributed by atoms with Crippen LogP contribution >= 0.6 is 0 Å². The summed E-state index contributed by atoms with van der Waals surface area (Å²) in [5, 5.41) is 2.28. The SMILES string of the molecule is Cc1ccc(S(=O)(=O)[C@H]2CS(=O)(=O)C[C@@H]2NCC(c2ccc(N(C)C)cc2)N(C)C)cc1. The molecular weight excluding hydrogens is 446 g/mol. The molecule has 1 unspecified atom stereocenters. The highest BCUT2D eigenvalue weighted by Crippen LogP contribution is 2.27. The zero-order valence-electron chi connectivity index (χ0n) is 19.3. The van der Waals surface area contributed by atoms with E-state index in [0.717, 1.165) is 16.8 Å². The first-order valence-corrected chi connectivity index (χ1v) is 14.0. The lowest BCUT2D eigenvalue weighted by molar-refractivity contribution is 0.282. The van der Waals surface area contributed by atoms with Crippen LogP contribution < -0.4 is 10.2 Å². The van der Waals surface area contributed by atoms with Gasteiger partial charge in [-0.15, -0.1) is 0 Å². The number of rotatable bonds is 8. The van der Waals surface area contributed by atoms with E-state index in [-0.39, 0.29) is 22.4 Å². The summed E-state index contributed by atoms with van der Waals surface area (Å²) in [5.74, 6) is -0.534. The normalized spacial score (nSPS) is 21.6. The summed E-state index contributed by atoms with van der Waals surface area (Å²) in [6, 6.07) is 14.1. The van der Waals surface area contributed by atoms with Crippen LogP contribution in [-0.2, 0) is 19.7 Å². The smallest absolute Gasteiger partial charge is 0.183 e. The topological polar surface area (TPSA) is 86.8 Å². The summed E-state index contributed by atoms with van der Waals surface area (Å²) in [5.41, 5.74) is 3.11. The second kappa shape index (κ2) is 9.51. The summed E-state index contributed by atoms with van der Waals surface area (Å²) in [6.07, 6.45) is 0. The van der Waals surface area contributed by atoms with E-state index in [2.05, 4.69) is 5.32 Å². The summed E-state index contributed by atoms with van der Waals surface area (Å²) in [6.45, 7) is 2.32. The average Bonchev–Trinajstić information content (AvgIpc) is 3.04. The number of anilines is 1. The van der Waals surface area contributed by atoms with E-state index in [0.29, 0.717) is 6.54 Å². The second-order valence-corrected chi connectivity index (χ2v) is 13.3. The fraction of sp³-hybridized carbons (Fsp3) is 0.478. The van der Waals surface area contributed by atoms with Crippen LogP contribution in [0.25, 0.3) is 0 Å². The van der Waals surface area contributed by atoms with Crippen LogP contribution in [0.1, 0.15) is 17.2 Å². The molecule has 0 bridgehead atoms. The van der Waals surface area contributed by atoms with Crippen LogP contribution in [0.3, 0.4) is 0 Å². The maximum absolute atomic E-state index is 13.3. The fourth-order valence-electron chi connectivity index (χ4n) is 4.07. The van der Waals surface area contributed by atoms with Crippen LogP contribution in [-0.4, -0.2) is 79.3 Å². The Kier molecular flexibility index (Phi) is 7.34. The Hall–Kier alpha value is -1.94. The lowest BCUT2D eigenvalue weighted by atomic mass is 10.0. The lowest BCUT2D eigenvalue weighted by Gasteiger charge is -2.28. The van der Waals surface area contributed by atoms with Gasteiger partial charge in [0, 0.05) is 38.4 Å². The molecule has 9 heteroatoms. The number of likely N-dealkylation sites (N-methyl/N-ethyl adjacent to an activating group) is 1. The predicted molar refractivity (Wildman–Crippen MR) is 130 cm³/mol. The molecule has 176 valence electrons. The second-order valence-electron chi connectivity index (χ2n) is 8.95. The van der Waals surface area contributed by atoms with Crippen LogP contribution in [0.15, 0.2) is 53.4 Å². The van der Waals surface area contributed by atoms with Gasteiger partial charge in [0.1, 0.15) is 0 Å². The maximum atomic E-state index is 13.3. The first-order chi connectivity index (χ1) is 14.9. The zero-order chi connectivity index (χ0) is 23.7. The van der Waals surface area contributed by atoms with Crippen LogP contribution in [0.5, 0.6) is 0 Å². The molecule has 1 saturated heterocycles. The minimum Gasteiger partial charge on any atom is -0.378 e. The van der Waals surface area contributed by atoms with Crippen molar-refractivity contribution in [3.8, 4) is 0 Å².